The van der Waals surface area contributed by atoms with Gasteiger partial charge >= 0.3 is 0 Å². The number of anilines is 2. The second kappa shape index (κ2) is 11.4. The number of benzene rings is 2. The Labute approximate surface area is 198 Å². The average Bonchev–Trinajstić information content (AvgIpc) is 3.16. The van der Waals surface area contributed by atoms with E-state index in [9.17, 15) is 4.79 Å². The molecule has 1 atom stereocenters. The number of hydrogen-bond donors (Lipinski definition) is 1. The summed E-state index contributed by atoms with van der Waals surface area (Å²) in [5.41, 5.74) is 2.64. The van der Waals surface area contributed by atoms with Crippen LogP contribution < -0.4 is 10.2 Å². The third kappa shape index (κ3) is 6.03. The predicted molar refractivity (Wildman–Crippen MR) is 132 cm³/mol. The topological polar surface area (TPSA) is 72.3 Å². The number of nitrogens with zero attached hydrogens (tertiary/aromatic N) is 4. The van der Waals surface area contributed by atoms with Crippen molar-refractivity contribution in [3.05, 3.63) is 53.6 Å². The summed E-state index contributed by atoms with van der Waals surface area (Å²) in [5, 5.41) is 12.6. The van der Waals surface area contributed by atoms with E-state index in [2.05, 4.69) is 15.5 Å². The van der Waals surface area contributed by atoms with Crippen molar-refractivity contribution in [3.63, 3.8) is 0 Å². The largest absolute Gasteiger partial charge is 0.385 e. The van der Waals surface area contributed by atoms with Gasteiger partial charge in [0, 0.05) is 51.3 Å². The molecule has 0 aliphatic heterocycles. The van der Waals surface area contributed by atoms with Crippen LogP contribution in [0.5, 0.6) is 0 Å². The number of amides is 1. The Bertz CT molecular complexity index is 1040. The maximum absolute atomic E-state index is 12.8. The molecule has 0 aliphatic rings. The van der Waals surface area contributed by atoms with Gasteiger partial charge in [-0.15, -0.1) is 10.2 Å². The molecule has 1 unspecified atom stereocenters. The maximum atomic E-state index is 12.8. The number of thioether (sulfide) groups is 1. The van der Waals surface area contributed by atoms with Crippen molar-refractivity contribution in [2.24, 2.45) is 0 Å². The highest BCUT2D eigenvalue weighted by Crippen LogP contribution is 2.31. The van der Waals surface area contributed by atoms with E-state index < -0.39 is 0 Å². The van der Waals surface area contributed by atoms with Gasteiger partial charge in [-0.1, -0.05) is 35.5 Å². The van der Waals surface area contributed by atoms with Crippen molar-refractivity contribution in [3.8, 4) is 11.4 Å². The van der Waals surface area contributed by atoms with E-state index >= 15 is 0 Å². The van der Waals surface area contributed by atoms with Crippen LogP contribution in [-0.4, -0.2) is 53.7 Å². The molecule has 170 valence electrons. The zero-order valence-electron chi connectivity index (χ0n) is 18.7. The Kier molecular flexibility index (Phi) is 8.55. The summed E-state index contributed by atoms with van der Waals surface area (Å²) >= 11 is 7.77. The van der Waals surface area contributed by atoms with Gasteiger partial charge in [-0.05, 0) is 49.7 Å². The molecule has 0 saturated carbocycles. The minimum absolute atomic E-state index is 0.0988. The van der Waals surface area contributed by atoms with Crippen LogP contribution in [0, 0.1) is 0 Å². The number of hydrogen-bond acceptors (Lipinski definition) is 6. The molecule has 3 rings (SSSR count). The molecule has 0 radical (unpaired) electrons. The quantitative estimate of drug-likeness (QED) is 0.336. The molecular weight excluding hydrogens is 446 g/mol. The molecule has 0 saturated heterocycles. The number of methoxy groups -OCH3 is 1. The summed E-state index contributed by atoms with van der Waals surface area (Å²) in [6.45, 7) is 3.13. The fraction of sp³-hybridized carbons (Fsp3) is 0.348. The third-order valence-corrected chi connectivity index (χ3v) is 6.27. The molecule has 7 nitrogen and oxygen atoms in total. The van der Waals surface area contributed by atoms with Gasteiger partial charge in [0.15, 0.2) is 11.0 Å². The van der Waals surface area contributed by atoms with Crippen LogP contribution in [0.2, 0.25) is 5.02 Å². The number of ether oxygens (including phenoxy) is 1. The lowest BCUT2D eigenvalue weighted by atomic mass is 10.2. The highest BCUT2D eigenvalue weighted by Gasteiger charge is 2.22. The molecular formula is C23H28ClN5O2S. The first-order chi connectivity index (χ1) is 15.4. The smallest absolute Gasteiger partial charge is 0.237 e. The Morgan fingerprint density at radius 1 is 1.19 bits per heavy atom. The van der Waals surface area contributed by atoms with Crippen LogP contribution in [0.4, 0.5) is 11.4 Å². The van der Waals surface area contributed by atoms with Gasteiger partial charge < -0.3 is 19.5 Å². The van der Waals surface area contributed by atoms with E-state index in [0.717, 1.165) is 23.4 Å². The highest BCUT2D eigenvalue weighted by molar-refractivity contribution is 8.00. The minimum atomic E-state index is -0.368. The fourth-order valence-electron chi connectivity index (χ4n) is 3.08. The number of carbonyl (C=O) groups excluding carboxylic acids is 1. The average molecular weight is 474 g/mol. The fourth-order valence-corrected chi connectivity index (χ4v) is 4.18. The molecule has 0 fully saturated rings. The van der Waals surface area contributed by atoms with Crippen molar-refractivity contribution in [2.45, 2.75) is 30.3 Å². The second-order valence-corrected chi connectivity index (χ2v) is 9.19. The summed E-state index contributed by atoms with van der Waals surface area (Å²) in [7, 11) is 5.63. The van der Waals surface area contributed by atoms with E-state index in [1.54, 1.807) is 7.11 Å². The van der Waals surface area contributed by atoms with Gasteiger partial charge in [-0.3, -0.25) is 4.79 Å². The highest BCUT2D eigenvalue weighted by atomic mass is 35.5. The molecule has 3 aromatic rings. The van der Waals surface area contributed by atoms with Crippen LogP contribution in [0.3, 0.4) is 0 Å². The first-order valence-corrected chi connectivity index (χ1v) is 11.6. The molecule has 1 amide bonds. The van der Waals surface area contributed by atoms with Gasteiger partial charge in [0.05, 0.1) is 10.3 Å². The van der Waals surface area contributed by atoms with E-state index in [1.807, 2.05) is 79.0 Å². The van der Waals surface area contributed by atoms with E-state index in [-0.39, 0.29) is 11.2 Å². The monoisotopic (exact) mass is 473 g/mol. The Morgan fingerprint density at radius 3 is 2.56 bits per heavy atom. The minimum Gasteiger partial charge on any atom is -0.385 e. The number of rotatable bonds is 10. The van der Waals surface area contributed by atoms with Gasteiger partial charge in [0.1, 0.15) is 0 Å². The lowest BCUT2D eigenvalue weighted by Crippen LogP contribution is -2.23. The van der Waals surface area contributed by atoms with Crippen LogP contribution in [0.25, 0.3) is 11.4 Å². The molecule has 0 aliphatic carbocycles. The van der Waals surface area contributed by atoms with Gasteiger partial charge in [0.25, 0.3) is 0 Å². The first kappa shape index (κ1) is 24.1. The van der Waals surface area contributed by atoms with Crippen molar-refractivity contribution in [2.75, 3.05) is 38.0 Å². The zero-order chi connectivity index (χ0) is 23.1. The molecule has 0 spiro atoms. The predicted octanol–water partition coefficient (Wildman–Crippen LogP) is 4.82. The van der Waals surface area contributed by atoms with Crippen molar-refractivity contribution < 1.29 is 9.53 Å². The Balaban J connectivity index is 1.76. The van der Waals surface area contributed by atoms with Crippen LogP contribution in [0.1, 0.15) is 13.3 Å². The SMILES string of the molecule is COCCCn1c(SC(C)C(=O)Nc2ccc(N(C)C)cc2)nnc1-c1ccccc1Cl. The van der Waals surface area contributed by atoms with E-state index in [1.165, 1.54) is 11.8 Å². The third-order valence-electron chi connectivity index (χ3n) is 4.86. The molecule has 32 heavy (non-hydrogen) atoms. The van der Waals surface area contributed by atoms with Gasteiger partial charge in [-0.2, -0.15) is 0 Å². The van der Waals surface area contributed by atoms with E-state index in [0.29, 0.717) is 29.2 Å². The van der Waals surface area contributed by atoms with Crippen LogP contribution in [-0.2, 0) is 16.1 Å². The Morgan fingerprint density at radius 2 is 1.91 bits per heavy atom. The number of halogens is 1. The zero-order valence-corrected chi connectivity index (χ0v) is 20.3. The summed E-state index contributed by atoms with van der Waals surface area (Å²) < 4.78 is 7.20. The molecule has 2 aromatic carbocycles. The van der Waals surface area contributed by atoms with Crippen molar-refractivity contribution in [1.82, 2.24) is 14.8 Å². The van der Waals surface area contributed by atoms with Crippen molar-refractivity contribution in [1.29, 1.82) is 0 Å². The standard InChI is InChI=1S/C23H28ClN5O2S/c1-16(22(30)25-17-10-12-18(13-11-17)28(2)3)32-23-27-26-21(29(23)14-7-15-31-4)19-8-5-6-9-20(19)24/h5-6,8-13,16H,7,14-15H2,1-4H3,(H,25,30). The number of carbonyl (C=O) groups is 1. The van der Waals surface area contributed by atoms with E-state index in [4.69, 9.17) is 16.3 Å². The summed E-state index contributed by atoms with van der Waals surface area (Å²) in [5.74, 6) is 0.583. The number of aromatic nitrogens is 3. The maximum Gasteiger partial charge on any atom is 0.237 e. The van der Waals surface area contributed by atoms with Gasteiger partial charge in [-0.25, -0.2) is 0 Å². The molecule has 1 N–H and O–H groups in total. The molecule has 1 heterocycles. The lowest BCUT2D eigenvalue weighted by Gasteiger charge is -2.15. The van der Waals surface area contributed by atoms with Crippen LogP contribution in [0.15, 0.2) is 53.7 Å². The number of nitrogens with one attached hydrogen (secondary N) is 1. The van der Waals surface area contributed by atoms with Crippen LogP contribution >= 0.6 is 23.4 Å². The summed E-state index contributed by atoms with van der Waals surface area (Å²) in [4.78, 5) is 14.8. The van der Waals surface area contributed by atoms with Gasteiger partial charge in [0.2, 0.25) is 5.91 Å². The molecule has 9 heteroatoms. The summed E-state index contributed by atoms with van der Waals surface area (Å²) in [6.07, 6.45) is 0.790. The summed E-state index contributed by atoms with van der Waals surface area (Å²) in [6, 6.07) is 15.3. The molecule has 1 aromatic heterocycles. The molecule has 0 bridgehead atoms. The second-order valence-electron chi connectivity index (χ2n) is 7.47. The van der Waals surface area contributed by atoms with Crippen molar-refractivity contribution >= 4 is 40.6 Å². The normalized spacial score (nSPS) is 11.9. The first-order valence-electron chi connectivity index (χ1n) is 10.3. The lowest BCUT2D eigenvalue weighted by molar-refractivity contribution is -0.115. The Hall–Kier alpha value is -2.55.